The number of hydrogen-bond acceptors (Lipinski definition) is 3. The van der Waals surface area contributed by atoms with Crippen LogP contribution in [-0.2, 0) is 13.0 Å². The number of carbonyl (C=O) groups excluding carboxylic acids is 1. The van der Waals surface area contributed by atoms with Crippen molar-refractivity contribution < 1.29 is 9.53 Å². The number of fused-ring (bicyclic) bond motifs is 1. The lowest BCUT2D eigenvalue weighted by Gasteiger charge is -2.35. The van der Waals surface area contributed by atoms with Gasteiger partial charge in [-0.1, -0.05) is 44.2 Å². The summed E-state index contributed by atoms with van der Waals surface area (Å²) in [5.41, 5.74) is 2.93. The third kappa shape index (κ3) is 5.10. The lowest BCUT2D eigenvalue weighted by Crippen LogP contribution is -2.44. The van der Waals surface area contributed by atoms with Gasteiger partial charge in [-0.25, -0.2) is 0 Å². The number of hydrogen-bond donors (Lipinski definition) is 1. The normalized spacial score (nSPS) is 15.9. The average molecular weight is 367 g/mol. The summed E-state index contributed by atoms with van der Waals surface area (Å²) in [6.45, 7) is 7.89. The summed E-state index contributed by atoms with van der Waals surface area (Å²) in [6.07, 6.45) is 3.23. The number of carbonyl (C=O) groups is 1. The molecule has 1 N–H and O–H groups in total. The zero-order chi connectivity index (χ0) is 19.1. The predicted octanol–water partition coefficient (Wildman–Crippen LogP) is 4.04. The van der Waals surface area contributed by atoms with E-state index in [0.717, 1.165) is 55.8 Å². The van der Waals surface area contributed by atoms with Gasteiger partial charge in [0.25, 0.3) is 5.91 Å². The average Bonchev–Trinajstić information content (AvgIpc) is 2.72. The summed E-state index contributed by atoms with van der Waals surface area (Å²) in [5, 5.41) is 3.01. The predicted molar refractivity (Wildman–Crippen MR) is 109 cm³/mol. The number of ether oxygens (including phenoxy) is 1. The van der Waals surface area contributed by atoms with E-state index < -0.39 is 0 Å². The number of rotatable bonds is 8. The smallest absolute Gasteiger partial charge is 0.251 e. The Bertz CT molecular complexity index is 739. The molecule has 0 radical (unpaired) electrons. The van der Waals surface area contributed by atoms with E-state index in [2.05, 4.69) is 24.1 Å². The molecule has 1 aliphatic rings. The van der Waals surface area contributed by atoms with Crippen LogP contribution in [0.5, 0.6) is 5.75 Å². The van der Waals surface area contributed by atoms with Gasteiger partial charge < -0.3 is 10.1 Å². The van der Waals surface area contributed by atoms with Crippen LogP contribution in [0.3, 0.4) is 0 Å². The van der Waals surface area contributed by atoms with Crippen molar-refractivity contribution in [2.24, 2.45) is 0 Å². The second-order valence-corrected chi connectivity index (χ2v) is 7.20. The first kappa shape index (κ1) is 19.4. The number of amides is 1. The van der Waals surface area contributed by atoms with E-state index in [-0.39, 0.29) is 5.91 Å². The highest BCUT2D eigenvalue weighted by Gasteiger charge is 2.25. The van der Waals surface area contributed by atoms with Crippen LogP contribution < -0.4 is 10.1 Å². The molecule has 4 heteroatoms. The molecule has 2 aromatic carbocycles. The highest BCUT2D eigenvalue weighted by Crippen LogP contribution is 2.28. The fourth-order valence-electron chi connectivity index (χ4n) is 3.69. The lowest BCUT2D eigenvalue weighted by molar-refractivity contribution is 0.0949. The summed E-state index contributed by atoms with van der Waals surface area (Å²) >= 11 is 0. The van der Waals surface area contributed by atoms with E-state index in [4.69, 9.17) is 4.74 Å². The molecule has 1 unspecified atom stereocenters. The minimum absolute atomic E-state index is 0.0391. The molecule has 0 spiro atoms. The second-order valence-electron chi connectivity index (χ2n) is 7.20. The van der Waals surface area contributed by atoms with Crippen molar-refractivity contribution in [2.75, 3.05) is 19.7 Å². The molecule has 0 saturated carbocycles. The summed E-state index contributed by atoms with van der Waals surface area (Å²) in [4.78, 5) is 15.1. The van der Waals surface area contributed by atoms with Crippen molar-refractivity contribution in [3.63, 3.8) is 0 Å². The third-order valence-electron chi connectivity index (χ3n) is 5.04. The quantitative estimate of drug-likeness (QED) is 0.766. The monoisotopic (exact) mass is 366 g/mol. The zero-order valence-corrected chi connectivity index (χ0v) is 16.4. The van der Waals surface area contributed by atoms with E-state index in [1.165, 1.54) is 0 Å². The molecular formula is C23H30N2O2. The van der Waals surface area contributed by atoms with Gasteiger partial charge >= 0.3 is 0 Å². The number of nitrogens with zero attached hydrogens (tertiary/aromatic N) is 1. The lowest BCUT2D eigenvalue weighted by atomic mass is 9.98. The summed E-state index contributed by atoms with van der Waals surface area (Å²) < 4.78 is 6.00. The number of nitrogens with one attached hydrogen (secondary N) is 1. The maximum atomic E-state index is 12.6. The first-order chi connectivity index (χ1) is 13.2. The van der Waals surface area contributed by atoms with E-state index in [1.54, 1.807) is 0 Å². The third-order valence-corrected chi connectivity index (χ3v) is 5.04. The van der Waals surface area contributed by atoms with Crippen molar-refractivity contribution in [3.05, 3.63) is 65.2 Å². The molecule has 144 valence electrons. The first-order valence-electron chi connectivity index (χ1n) is 10.0. The van der Waals surface area contributed by atoms with E-state index in [9.17, 15) is 4.79 Å². The fraction of sp³-hybridized carbons (Fsp3) is 0.435. The topological polar surface area (TPSA) is 41.6 Å². The Balaban J connectivity index is 1.66. The Morgan fingerprint density at radius 1 is 1.11 bits per heavy atom. The van der Waals surface area contributed by atoms with Crippen LogP contribution in [0.4, 0.5) is 0 Å². The molecular weight excluding hydrogens is 336 g/mol. The van der Waals surface area contributed by atoms with Gasteiger partial charge in [-0.3, -0.25) is 9.69 Å². The van der Waals surface area contributed by atoms with Gasteiger partial charge in [0.05, 0.1) is 0 Å². The molecule has 0 aliphatic carbocycles. The molecule has 0 aromatic heterocycles. The van der Waals surface area contributed by atoms with Crippen LogP contribution in [0, 0.1) is 0 Å². The van der Waals surface area contributed by atoms with Crippen molar-refractivity contribution >= 4 is 5.91 Å². The van der Waals surface area contributed by atoms with Gasteiger partial charge in [-0.2, -0.15) is 0 Å². The zero-order valence-electron chi connectivity index (χ0n) is 16.4. The molecule has 2 aromatic rings. The van der Waals surface area contributed by atoms with Gasteiger partial charge in [0.2, 0.25) is 0 Å². The van der Waals surface area contributed by atoms with E-state index in [0.29, 0.717) is 18.2 Å². The van der Waals surface area contributed by atoms with Crippen molar-refractivity contribution in [2.45, 2.75) is 45.7 Å². The van der Waals surface area contributed by atoms with Gasteiger partial charge in [0, 0.05) is 18.2 Å². The molecule has 0 bridgehead atoms. The molecule has 0 saturated heterocycles. The highest BCUT2D eigenvalue weighted by atomic mass is 16.5. The Labute approximate surface area is 162 Å². The van der Waals surface area contributed by atoms with Crippen LogP contribution in [-0.4, -0.2) is 36.5 Å². The summed E-state index contributed by atoms with van der Waals surface area (Å²) in [6, 6.07) is 16.2. The molecule has 3 rings (SSSR count). The van der Waals surface area contributed by atoms with Crippen molar-refractivity contribution in [1.29, 1.82) is 0 Å². The maximum Gasteiger partial charge on any atom is 0.251 e. The standard InChI is InChI=1S/C23H30N2O2/c1-3-12-25(13-4-2)21-15-20-14-19(10-11-22(20)27-17-21)23(26)24-16-18-8-6-5-7-9-18/h5-11,14,21H,3-4,12-13,15-17H2,1-2H3,(H,24,26). The van der Waals surface area contributed by atoms with Crippen LogP contribution in [0.1, 0.15) is 48.2 Å². The summed E-state index contributed by atoms with van der Waals surface area (Å²) in [5.74, 6) is 0.876. The molecule has 27 heavy (non-hydrogen) atoms. The van der Waals surface area contributed by atoms with Crippen molar-refractivity contribution in [1.82, 2.24) is 10.2 Å². The molecule has 1 amide bonds. The maximum absolute atomic E-state index is 12.6. The van der Waals surface area contributed by atoms with Crippen LogP contribution in [0.15, 0.2) is 48.5 Å². The second kappa shape index (κ2) is 9.56. The van der Waals surface area contributed by atoms with Crippen LogP contribution >= 0.6 is 0 Å². The Morgan fingerprint density at radius 3 is 2.56 bits per heavy atom. The van der Waals surface area contributed by atoms with Gasteiger partial charge in [0.15, 0.2) is 0 Å². The molecule has 4 nitrogen and oxygen atoms in total. The fourth-order valence-corrected chi connectivity index (χ4v) is 3.69. The molecule has 1 heterocycles. The van der Waals surface area contributed by atoms with Crippen LogP contribution in [0.25, 0.3) is 0 Å². The Morgan fingerprint density at radius 2 is 1.85 bits per heavy atom. The van der Waals surface area contributed by atoms with Gasteiger partial charge in [-0.15, -0.1) is 0 Å². The minimum atomic E-state index is -0.0391. The largest absolute Gasteiger partial charge is 0.492 e. The first-order valence-corrected chi connectivity index (χ1v) is 10.0. The van der Waals surface area contributed by atoms with Gasteiger partial charge in [-0.05, 0) is 61.7 Å². The minimum Gasteiger partial charge on any atom is -0.492 e. The molecule has 1 aliphatic heterocycles. The van der Waals surface area contributed by atoms with Crippen LogP contribution in [0.2, 0.25) is 0 Å². The van der Waals surface area contributed by atoms with Crippen molar-refractivity contribution in [3.8, 4) is 5.75 Å². The molecule has 0 fully saturated rings. The number of benzene rings is 2. The van der Waals surface area contributed by atoms with E-state index >= 15 is 0 Å². The highest BCUT2D eigenvalue weighted by molar-refractivity contribution is 5.94. The van der Waals surface area contributed by atoms with E-state index in [1.807, 2.05) is 48.5 Å². The summed E-state index contributed by atoms with van der Waals surface area (Å²) in [7, 11) is 0. The SMILES string of the molecule is CCCN(CCC)C1COc2ccc(C(=O)NCc3ccccc3)cc2C1. The Hall–Kier alpha value is -2.33. The van der Waals surface area contributed by atoms with Gasteiger partial charge in [0.1, 0.15) is 12.4 Å². The molecule has 1 atom stereocenters. The Kier molecular flexibility index (Phi) is 6.88.